The van der Waals surface area contributed by atoms with E-state index < -0.39 is 6.10 Å². The number of aliphatic hydroxyl groups excluding tert-OH is 2. The first-order valence-electron chi connectivity index (χ1n) is 5.53. The molecule has 0 bridgehead atoms. The van der Waals surface area contributed by atoms with Gasteiger partial charge in [-0.05, 0) is 6.07 Å². The van der Waals surface area contributed by atoms with Gasteiger partial charge in [0.05, 0.1) is 26.9 Å². The minimum Gasteiger partial charge on any atom is -0.492 e. The molecule has 0 aliphatic carbocycles. The van der Waals surface area contributed by atoms with Crippen molar-refractivity contribution < 1.29 is 29.2 Å². The number of hydrogen-bond acceptors (Lipinski definition) is 6. The van der Waals surface area contributed by atoms with Crippen LogP contribution in [0.5, 0.6) is 23.0 Å². The third kappa shape index (κ3) is 2.16. The van der Waals surface area contributed by atoms with E-state index in [4.69, 9.17) is 24.1 Å². The fraction of sp³-hybridized carbons (Fsp3) is 0.500. The number of aliphatic hydroxyl groups is 2. The van der Waals surface area contributed by atoms with E-state index >= 15 is 0 Å². The van der Waals surface area contributed by atoms with Crippen LogP contribution in [0.25, 0.3) is 0 Å². The molecule has 0 fully saturated rings. The largest absolute Gasteiger partial charge is 0.492 e. The van der Waals surface area contributed by atoms with Crippen LogP contribution in [0.15, 0.2) is 6.07 Å². The minimum absolute atomic E-state index is 0.126. The summed E-state index contributed by atoms with van der Waals surface area (Å²) < 4.78 is 21.2. The molecule has 0 aromatic heterocycles. The van der Waals surface area contributed by atoms with Gasteiger partial charge in [-0.25, -0.2) is 0 Å². The van der Waals surface area contributed by atoms with Gasteiger partial charge in [-0.1, -0.05) is 0 Å². The SMILES string of the molecule is COc1c(C[C@@H](O)CO)cc2c(c1OC)OCO2. The monoisotopic (exact) mass is 256 g/mol. The number of methoxy groups -OCH3 is 2. The van der Waals surface area contributed by atoms with Crippen LogP contribution in [0, 0.1) is 0 Å². The van der Waals surface area contributed by atoms with Crippen molar-refractivity contribution in [2.75, 3.05) is 27.6 Å². The van der Waals surface area contributed by atoms with Gasteiger partial charge in [-0.3, -0.25) is 0 Å². The van der Waals surface area contributed by atoms with Crippen molar-refractivity contribution in [3.63, 3.8) is 0 Å². The maximum atomic E-state index is 9.53. The molecule has 2 N–H and O–H groups in total. The summed E-state index contributed by atoms with van der Waals surface area (Å²) in [4.78, 5) is 0. The molecule has 0 unspecified atom stereocenters. The summed E-state index contributed by atoms with van der Waals surface area (Å²) in [6, 6.07) is 1.72. The van der Waals surface area contributed by atoms with Gasteiger partial charge in [0.25, 0.3) is 0 Å². The Bertz CT molecular complexity index is 431. The Morgan fingerprint density at radius 1 is 1.28 bits per heavy atom. The highest BCUT2D eigenvalue weighted by atomic mass is 16.7. The van der Waals surface area contributed by atoms with Crippen molar-refractivity contribution in [3.8, 4) is 23.0 Å². The molecule has 1 aromatic carbocycles. The summed E-state index contributed by atoms with van der Waals surface area (Å²) in [5.41, 5.74) is 0.695. The maximum Gasteiger partial charge on any atom is 0.231 e. The predicted octanol–water partition coefficient (Wildman–Crippen LogP) is 0.328. The smallest absolute Gasteiger partial charge is 0.231 e. The van der Waals surface area contributed by atoms with Crippen LogP contribution in [0.3, 0.4) is 0 Å². The highest BCUT2D eigenvalue weighted by Gasteiger charge is 2.26. The highest BCUT2D eigenvalue weighted by Crippen LogP contribution is 2.49. The lowest BCUT2D eigenvalue weighted by atomic mass is 10.1. The molecule has 0 radical (unpaired) electrons. The average molecular weight is 256 g/mol. The van der Waals surface area contributed by atoms with Crippen LogP contribution in [0.1, 0.15) is 5.56 Å². The van der Waals surface area contributed by atoms with E-state index in [0.717, 1.165) is 0 Å². The molecule has 0 spiro atoms. The fourth-order valence-electron chi connectivity index (χ4n) is 1.93. The molecule has 1 aromatic rings. The normalized spacial score (nSPS) is 14.4. The number of fused-ring (bicyclic) bond motifs is 1. The van der Waals surface area contributed by atoms with E-state index in [0.29, 0.717) is 28.6 Å². The molecule has 1 aliphatic rings. The van der Waals surface area contributed by atoms with Crippen LogP contribution >= 0.6 is 0 Å². The van der Waals surface area contributed by atoms with Crippen molar-refractivity contribution >= 4 is 0 Å². The molecule has 0 saturated heterocycles. The lowest BCUT2D eigenvalue weighted by molar-refractivity contribution is 0.0948. The van der Waals surface area contributed by atoms with Gasteiger partial charge in [0.15, 0.2) is 11.5 Å². The van der Waals surface area contributed by atoms with Crippen molar-refractivity contribution in [2.24, 2.45) is 0 Å². The Morgan fingerprint density at radius 3 is 2.61 bits per heavy atom. The van der Waals surface area contributed by atoms with Crippen LogP contribution in [-0.2, 0) is 6.42 Å². The molecule has 0 saturated carbocycles. The molecular formula is C12H16O6. The van der Waals surface area contributed by atoms with E-state index in [1.54, 1.807) is 6.07 Å². The van der Waals surface area contributed by atoms with E-state index in [9.17, 15) is 5.11 Å². The first-order chi connectivity index (χ1) is 8.71. The molecule has 6 nitrogen and oxygen atoms in total. The molecule has 1 aliphatic heterocycles. The lowest BCUT2D eigenvalue weighted by Gasteiger charge is -2.16. The number of hydrogen-bond donors (Lipinski definition) is 2. The summed E-state index contributed by atoms with van der Waals surface area (Å²) in [6.07, 6.45) is -0.615. The second-order valence-electron chi connectivity index (χ2n) is 3.88. The van der Waals surface area contributed by atoms with Gasteiger partial charge < -0.3 is 29.2 Å². The highest BCUT2D eigenvalue weighted by molar-refractivity contribution is 5.63. The first-order valence-corrected chi connectivity index (χ1v) is 5.53. The van der Waals surface area contributed by atoms with Gasteiger partial charge in [0.1, 0.15) is 0 Å². The zero-order chi connectivity index (χ0) is 13.1. The number of benzene rings is 1. The predicted molar refractivity (Wildman–Crippen MR) is 62.5 cm³/mol. The summed E-state index contributed by atoms with van der Waals surface area (Å²) in [7, 11) is 3.01. The average Bonchev–Trinajstić information content (AvgIpc) is 2.84. The molecule has 6 heteroatoms. The zero-order valence-corrected chi connectivity index (χ0v) is 10.3. The molecular weight excluding hydrogens is 240 g/mol. The topological polar surface area (TPSA) is 77.4 Å². The van der Waals surface area contributed by atoms with Crippen LogP contribution in [0.4, 0.5) is 0 Å². The van der Waals surface area contributed by atoms with Gasteiger partial charge in [-0.2, -0.15) is 0 Å². The molecule has 0 amide bonds. The third-order valence-corrected chi connectivity index (χ3v) is 2.73. The second-order valence-corrected chi connectivity index (χ2v) is 3.88. The van der Waals surface area contributed by atoms with Crippen LogP contribution in [-0.4, -0.2) is 43.9 Å². The van der Waals surface area contributed by atoms with Gasteiger partial charge in [0, 0.05) is 12.0 Å². The molecule has 1 atom stereocenters. The molecule has 18 heavy (non-hydrogen) atoms. The first kappa shape index (κ1) is 12.8. The zero-order valence-electron chi connectivity index (χ0n) is 10.3. The minimum atomic E-state index is -0.857. The van der Waals surface area contributed by atoms with E-state index in [1.165, 1.54) is 14.2 Å². The second kappa shape index (κ2) is 5.32. The summed E-state index contributed by atoms with van der Waals surface area (Å²) in [5.74, 6) is 1.96. The van der Waals surface area contributed by atoms with Gasteiger partial charge in [0.2, 0.25) is 18.3 Å². The lowest BCUT2D eigenvalue weighted by Crippen LogP contribution is -2.15. The van der Waals surface area contributed by atoms with E-state index in [-0.39, 0.29) is 19.8 Å². The van der Waals surface area contributed by atoms with Crippen molar-refractivity contribution in [2.45, 2.75) is 12.5 Å². The Balaban J connectivity index is 2.45. The van der Waals surface area contributed by atoms with Crippen molar-refractivity contribution in [1.82, 2.24) is 0 Å². The third-order valence-electron chi connectivity index (χ3n) is 2.73. The standard InChI is InChI=1S/C12H16O6/c1-15-10-7(3-8(14)5-13)4-9-11(12(10)16-2)18-6-17-9/h4,8,13-14H,3,5-6H2,1-2H3/t8-/m1/s1. The quantitative estimate of drug-likeness (QED) is 0.790. The van der Waals surface area contributed by atoms with Crippen LogP contribution in [0.2, 0.25) is 0 Å². The summed E-state index contributed by atoms with van der Waals surface area (Å²) in [6.45, 7) is -0.194. The number of ether oxygens (including phenoxy) is 4. The summed E-state index contributed by atoms with van der Waals surface area (Å²) in [5, 5.41) is 18.4. The van der Waals surface area contributed by atoms with E-state index in [1.807, 2.05) is 0 Å². The van der Waals surface area contributed by atoms with E-state index in [2.05, 4.69) is 0 Å². The Labute approximate surface area is 105 Å². The summed E-state index contributed by atoms with van der Waals surface area (Å²) >= 11 is 0. The van der Waals surface area contributed by atoms with Crippen LogP contribution < -0.4 is 18.9 Å². The maximum absolute atomic E-state index is 9.53. The molecule has 100 valence electrons. The Hall–Kier alpha value is -1.66. The fourth-order valence-corrected chi connectivity index (χ4v) is 1.93. The van der Waals surface area contributed by atoms with Crippen molar-refractivity contribution in [1.29, 1.82) is 0 Å². The Kier molecular flexibility index (Phi) is 3.78. The van der Waals surface area contributed by atoms with Crippen molar-refractivity contribution in [3.05, 3.63) is 11.6 Å². The van der Waals surface area contributed by atoms with Gasteiger partial charge >= 0.3 is 0 Å². The molecule has 2 rings (SSSR count). The number of rotatable bonds is 5. The molecule has 1 heterocycles. The van der Waals surface area contributed by atoms with Gasteiger partial charge in [-0.15, -0.1) is 0 Å². The Morgan fingerprint density at radius 2 is 2.00 bits per heavy atom.